The van der Waals surface area contributed by atoms with Gasteiger partial charge in [-0.1, -0.05) is 0 Å². The van der Waals surface area contributed by atoms with E-state index in [-0.39, 0.29) is 11.3 Å². The first-order valence-electron chi connectivity index (χ1n) is 4.20. The monoisotopic (exact) mass is 212 g/mol. The Hall–Kier alpha value is -1.75. The van der Waals surface area contributed by atoms with E-state index in [4.69, 9.17) is 9.62 Å². The fourth-order valence-corrected chi connectivity index (χ4v) is 1.07. The number of hydrogen-bond acceptors (Lipinski definition) is 5. The van der Waals surface area contributed by atoms with Crippen molar-refractivity contribution in [1.82, 2.24) is 0 Å². The van der Waals surface area contributed by atoms with Gasteiger partial charge in [-0.15, -0.1) is 0 Å². The van der Waals surface area contributed by atoms with Gasteiger partial charge < -0.3 is 14.4 Å². The van der Waals surface area contributed by atoms with Gasteiger partial charge in [0.1, 0.15) is 11.3 Å². The van der Waals surface area contributed by atoms with Gasteiger partial charge in [0.25, 0.3) is 0 Å². The first-order chi connectivity index (χ1) is 7.22. The largest absolute Gasteiger partial charge is 0.497 e. The van der Waals surface area contributed by atoms with E-state index in [1.54, 1.807) is 12.1 Å². The molecule has 1 aromatic rings. The number of carbonyl (C=O) groups excluding carboxylic acids is 1. The zero-order valence-corrected chi connectivity index (χ0v) is 8.77. The van der Waals surface area contributed by atoms with E-state index >= 15 is 0 Å². The summed E-state index contributed by atoms with van der Waals surface area (Å²) in [6, 6.07) is 4.71. The Morgan fingerprint density at radius 2 is 1.93 bits per heavy atom. The van der Waals surface area contributed by atoms with Crippen LogP contribution in [0.25, 0.3) is 0 Å². The predicted octanol–water partition coefficient (Wildman–Crippen LogP) is 1.42. The molecule has 0 bridgehead atoms. The van der Waals surface area contributed by atoms with Crippen LogP contribution in [0.1, 0.15) is 10.4 Å². The second kappa shape index (κ2) is 5.21. The molecule has 0 fully saturated rings. The molecule has 0 radical (unpaired) electrons. The van der Waals surface area contributed by atoms with Crippen LogP contribution < -0.4 is 9.62 Å². The van der Waals surface area contributed by atoms with Gasteiger partial charge in [0, 0.05) is 6.07 Å². The van der Waals surface area contributed by atoms with E-state index in [1.807, 2.05) is 0 Å². The van der Waals surface area contributed by atoms with Crippen molar-refractivity contribution in [2.45, 2.75) is 0 Å². The number of carbonyl (C=O) groups is 1. The Balaban J connectivity index is 3.08. The van der Waals surface area contributed by atoms with Crippen molar-refractivity contribution in [3.63, 3.8) is 0 Å². The summed E-state index contributed by atoms with van der Waals surface area (Å²) >= 11 is 0. The zero-order valence-electron chi connectivity index (χ0n) is 8.77. The van der Waals surface area contributed by atoms with Gasteiger partial charge in [-0.05, 0) is 12.1 Å². The number of rotatable bonds is 4. The maximum Gasteiger partial charge on any atom is 0.341 e. The average Bonchev–Trinajstić information content (AvgIpc) is 2.28. The van der Waals surface area contributed by atoms with E-state index in [2.05, 4.69) is 9.62 Å². The van der Waals surface area contributed by atoms with E-state index in [1.165, 1.54) is 27.4 Å². The molecule has 0 spiro atoms. The average molecular weight is 212 g/mol. The minimum absolute atomic E-state index is 0.253. The Kier molecular flexibility index (Phi) is 3.93. The molecule has 0 aromatic heterocycles. The van der Waals surface area contributed by atoms with Gasteiger partial charge in [-0.3, -0.25) is 0 Å². The maximum atomic E-state index is 11.3. The molecule has 0 saturated heterocycles. The molecule has 0 unspecified atom stereocenters. The smallest absolute Gasteiger partial charge is 0.341 e. The number of methoxy groups -OCH3 is 2. The number of benzene rings is 1. The molecule has 5 nitrogen and oxygen atoms in total. The van der Waals surface area contributed by atoms with Crippen LogP contribution >= 0.6 is 0 Å². The SMILES string of the molecule is COOc1cc(OC)ccc1C(=O)OC. The molecule has 15 heavy (non-hydrogen) atoms. The predicted molar refractivity (Wildman–Crippen MR) is 52.0 cm³/mol. The first kappa shape index (κ1) is 11.3. The molecule has 0 aliphatic carbocycles. The molecule has 0 N–H and O–H groups in total. The highest BCUT2D eigenvalue weighted by atomic mass is 17.2. The Bertz CT molecular complexity index is 348. The third-order valence-electron chi connectivity index (χ3n) is 1.77. The number of hydrogen-bond donors (Lipinski definition) is 0. The van der Waals surface area contributed by atoms with Crippen LogP contribution in [0.5, 0.6) is 11.5 Å². The summed E-state index contributed by atoms with van der Waals surface area (Å²) in [6.07, 6.45) is 0. The lowest BCUT2D eigenvalue weighted by Crippen LogP contribution is -2.05. The molecule has 0 amide bonds. The lowest BCUT2D eigenvalue weighted by Gasteiger charge is -2.08. The van der Waals surface area contributed by atoms with Gasteiger partial charge in [0.05, 0.1) is 21.3 Å². The van der Waals surface area contributed by atoms with E-state index in [0.717, 1.165) is 0 Å². The normalized spacial score (nSPS) is 9.53. The number of ether oxygens (including phenoxy) is 2. The topological polar surface area (TPSA) is 54.0 Å². The standard InChI is InChI=1S/C10H12O5/c1-12-7-4-5-8(10(11)13-2)9(6-7)15-14-3/h4-6H,1-3H3. The highest BCUT2D eigenvalue weighted by Crippen LogP contribution is 2.25. The maximum absolute atomic E-state index is 11.3. The quantitative estimate of drug-likeness (QED) is 0.429. The summed E-state index contributed by atoms with van der Waals surface area (Å²) in [5.74, 6) is 0.322. The molecule has 0 aliphatic heterocycles. The molecule has 0 aliphatic rings. The van der Waals surface area contributed by atoms with E-state index < -0.39 is 5.97 Å². The van der Waals surface area contributed by atoms with Crippen molar-refractivity contribution in [2.24, 2.45) is 0 Å². The van der Waals surface area contributed by atoms with Gasteiger partial charge in [-0.25, -0.2) is 4.79 Å². The summed E-state index contributed by atoms with van der Waals surface area (Å²) < 4.78 is 9.56. The third-order valence-corrected chi connectivity index (χ3v) is 1.77. The summed E-state index contributed by atoms with van der Waals surface area (Å²) in [7, 11) is 4.16. The summed E-state index contributed by atoms with van der Waals surface area (Å²) in [5, 5.41) is 0. The van der Waals surface area contributed by atoms with Crippen LogP contribution in [0.3, 0.4) is 0 Å². The Morgan fingerprint density at radius 3 is 2.47 bits per heavy atom. The van der Waals surface area contributed by atoms with Crippen molar-refractivity contribution < 1.29 is 24.0 Å². The van der Waals surface area contributed by atoms with Gasteiger partial charge in [0.15, 0.2) is 5.75 Å². The van der Waals surface area contributed by atoms with Crippen LogP contribution in [0.15, 0.2) is 18.2 Å². The second-order valence-electron chi connectivity index (χ2n) is 2.60. The van der Waals surface area contributed by atoms with Crippen LogP contribution in [-0.2, 0) is 9.62 Å². The number of esters is 1. The minimum atomic E-state index is -0.496. The molecular formula is C10H12O5. The van der Waals surface area contributed by atoms with Crippen LogP contribution in [-0.4, -0.2) is 27.3 Å². The second-order valence-corrected chi connectivity index (χ2v) is 2.60. The van der Waals surface area contributed by atoms with Gasteiger partial charge in [-0.2, -0.15) is 4.89 Å². The molecule has 1 aromatic carbocycles. The first-order valence-corrected chi connectivity index (χ1v) is 4.20. The molecule has 0 atom stereocenters. The molecule has 82 valence electrons. The molecule has 0 heterocycles. The highest BCUT2D eigenvalue weighted by Gasteiger charge is 2.14. The molecule has 5 heteroatoms. The summed E-state index contributed by atoms with van der Waals surface area (Å²) in [4.78, 5) is 20.6. The summed E-state index contributed by atoms with van der Waals surface area (Å²) in [5.41, 5.74) is 0.278. The molecular weight excluding hydrogens is 200 g/mol. The van der Waals surface area contributed by atoms with Crippen molar-refractivity contribution in [3.8, 4) is 11.5 Å². The van der Waals surface area contributed by atoms with Gasteiger partial charge in [0.2, 0.25) is 0 Å². The highest BCUT2D eigenvalue weighted by molar-refractivity contribution is 5.92. The third kappa shape index (κ3) is 2.60. The fraction of sp³-hybridized carbons (Fsp3) is 0.300. The van der Waals surface area contributed by atoms with Crippen LogP contribution in [0.2, 0.25) is 0 Å². The Labute approximate surface area is 87.4 Å². The lowest BCUT2D eigenvalue weighted by atomic mass is 10.2. The lowest BCUT2D eigenvalue weighted by molar-refractivity contribution is -0.178. The van der Waals surface area contributed by atoms with Crippen molar-refractivity contribution in [2.75, 3.05) is 21.3 Å². The molecule has 1 rings (SSSR count). The fourth-order valence-electron chi connectivity index (χ4n) is 1.07. The van der Waals surface area contributed by atoms with Crippen LogP contribution in [0, 0.1) is 0 Å². The Morgan fingerprint density at radius 1 is 1.20 bits per heavy atom. The van der Waals surface area contributed by atoms with Crippen molar-refractivity contribution in [3.05, 3.63) is 23.8 Å². The van der Waals surface area contributed by atoms with Crippen molar-refractivity contribution >= 4 is 5.97 Å². The van der Waals surface area contributed by atoms with Gasteiger partial charge >= 0.3 is 5.97 Å². The zero-order chi connectivity index (χ0) is 11.3. The summed E-state index contributed by atoms with van der Waals surface area (Å²) in [6.45, 7) is 0. The van der Waals surface area contributed by atoms with E-state index in [9.17, 15) is 4.79 Å². The van der Waals surface area contributed by atoms with E-state index in [0.29, 0.717) is 5.75 Å². The van der Waals surface area contributed by atoms with Crippen LogP contribution in [0.4, 0.5) is 0 Å². The molecule has 0 saturated carbocycles. The van der Waals surface area contributed by atoms with Crippen molar-refractivity contribution in [1.29, 1.82) is 0 Å². The minimum Gasteiger partial charge on any atom is -0.497 e.